The third kappa shape index (κ3) is 16.2. The Hall–Kier alpha value is -0.0400. The third-order valence-electron chi connectivity index (χ3n) is 4.60. The van der Waals surface area contributed by atoms with Gasteiger partial charge < -0.3 is 4.90 Å². The van der Waals surface area contributed by atoms with Gasteiger partial charge in [-0.05, 0) is 32.5 Å². The lowest BCUT2D eigenvalue weighted by Gasteiger charge is -2.19. The quantitative estimate of drug-likeness (QED) is 0.266. The molecule has 0 aromatic heterocycles. The molecule has 128 valence electrons. The Morgan fingerprint density at radius 2 is 0.810 bits per heavy atom. The van der Waals surface area contributed by atoms with E-state index in [1.54, 1.807) is 0 Å². The molecule has 0 aromatic rings. The predicted octanol–water partition coefficient (Wildman–Crippen LogP) is 6.81. The van der Waals surface area contributed by atoms with Crippen molar-refractivity contribution in [2.45, 2.75) is 111 Å². The van der Waals surface area contributed by atoms with Crippen molar-refractivity contribution in [2.24, 2.45) is 0 Å². The van der Waals surface area contributed by atoms with Crippen molar-refractivity contribution in [3.8, 4) is 0 Å². The van der Waals surface area contributed by atoms with E-state index in [-0.39, 0.29) is 0 Å². The normalized spacial score (nSPS) is 11.4. The summed E-state index contributed by atoms with van der Waals surface area (Å²) in [7, 11) is 0. The highest BCUT2D eigenvalue weighted by Gasteiger charge is 2.00. The van der Waals surface area contributed by atoms with Crippen LogP contribution in [0.15, 0.2) is 0 Å². The molecule has 0 aliphatic heterocycles. The van der Waals surface area contributed by atoms with Crippen molar-refractivity contribution in [3.05, 3.63) is 0 Å². The summed E-state index contributed by atoms with van der Waals surface area (Å²) >= 11 is 0. The molecule has 0 aliphatic rings. The molecule has 0 bridgehead atoms. The summed E-state index contributed by atoms with van der Waals surface area (Å²) in [5, 5.41) is 0. The van der Waals surface area contributed by atoms with E-state index < -0.39 is 0 Å². The second-order valence-corrected chi connectivity index (χ2v) is 6.68. The zero-order valence-corrected chi connectivity index (χ0v) is 15.5. The fraction of sp³-hybridized carbons (Fsp3) is 1.00. The van der Waals surface area contributed by atoms with E-state index in [9.17, 15) is 0 Å². The summed E-state index contributed by atoms with van der Waals surface area (Å²) in [5.41, 5.74) is 0. The average Bonchev–Trinajstić information content (AvgIpc) is 2.51. The summed E-state index contributed by atoms with van der Waals surface area (Å²) in [6, 6.07) is 0. The van der Waals surface area contributed by atoms with E-state index in [2.05, 4.69) is 25.7 Å². The maximum Gasteiger partial charge on any atom is -0.00189 e. The monoisotopic (exact) mass is 297 g/mol. The van der Waals surface area contributed by atoms with E-state index in [0.717, 1.165) is 0 Å². The Morgan fingerprint density at radius 1 is 0.429 bits per heavy atom. The van der Waals surface area contributed by atoms with E-state index >= 15 is 0 Å². The first-order chi connectivity index (χ1) is 10.3. The Morgan fingerprint density at radius 3 is 1.24 bits per heavy atom. The van der Waals surface area contributed by atoms with Gasteiger partial charge in [-0.2, -0.15) is 0 Å². The highest BCUT2D eigenvalue weighted by Crippen LogP contribution is 2.12. The van der Waals surface area contributed by atoms with Gasteiger partial charge in [0.2, 0.25) is 0 Å². The van der Waals surface area contributed by atoms with Crippen molar-refractivity contribution in [3.63, 3.8) is 0 Å². The van der Waals surface area contributed by atoms with Crippen LogP contribution in [0, 0.1) is 0 Å². The Bertz CT molecular complexity index is 179. The van der Waals surface area contributed by atoms with Crippen LogP contribution in [0.4, 0.5) is 0 Å². The zero-order valence-electron chi connectivity index (χ0n) is 15.5. The van der Waals surface area contributed by atoms with Crippen LogP contribution in [0.2, 0.25) is 0 Å². The summed E-state index contributed by atoms with van der Waals surface area (Å²) < 4.78 is 0. The molecular formula is C20H43N. The van der Waals surface area contributed by atoms with Gasteiger partial charge in [0, 0.05) is 0 Å². The molecule has 1 nitrogen and oxygen atoms in total. The molecule has 0 aliphatic carbocycles. The van der Waals surface area contributed by atoms with Crippen LogP contribution in [0.3, 0.4) is 0 Å². The Kier molecular flexibility index (Phi) is 18.0. The van der Waals surface area contributed by atoms with Crippen LogP contribution >= 0.6 is 0 Å². The molecule has 0 saturated heterocycles. The first kappa shape index (κ1) is 21.0. The molecule has 0 fully saturated rings. The predicted molar refractivity (Wildman–Crippen MR) is 98.1 cm³/mol. The maximum absolute atomic E-state index is 2.62. The highest BCUT2D eigenvalue weighted by atomic mass is 15.1. The maximum atomic E-state index is 2.62. The van der Waals surface area contributed by atoms with Gasteiger partial charge in [0.25, 0.3) is 0 Å². The lowest BCUT2D eigenvalue weighted by Crippen LogP contribution is -2.25. The summed E-state index contributed by atoms with van der Waals surface area (Å²) in [6.45, 7) is 10.8. The molecule has 0 aromatic carbocycles. The SMILES string of the molecule is CCCCCCCCCCCCCCN(CC)CCCC. The number of rotatable bonds is 17. The smallest absolute Gasteiger partial charge is 0.00189 e. The minimum Gasteiger partial charge on any atom is -0.304 e. The first-order valence-corrected chi connectivity index (χ1v) is 10.1. The number of hydrogen-bond donors (Lipinski definition) is 0. The molecule has 0 radical (unpaired) electrons. The second-order valence-electron chi connectivity index (χ2n) is 6.68. The van der Waals surface area contributed by atoms with Crippen molar-refractivity contribution < 1.29 is 0 Å². The van der Waals surface area contributed by atoms with Crippen molar-refractivity contribution in [1.29, 1.82) is 0 Å². The van der Waals surface area contributed by atoms with Crippen LogP contribution < -0.4 is 0 Å². The first-order valence-electron chi connectivity index (χ1n) is 10.1. The summed E-state index contributed by atoms with van der Waals surface area (Å²) in [6.07, 6.45) is 20.1. The Balaban J connectivity index is 3.14. The third-order valence-corrected chi connectivity index (χ3v) is 4.60. The molecule has 0 amide bonds. The molecule has 0 rings (SSSR count). The molecule has 0 spiro atoms. The van der Waals surface area contributed by atoms with Gasteiger partial charge in [-0.25, -0.2) is 0 Å². The van der Waals surface area contributed by atoms with E-state index in [4.69, 9.17) is 0 Å². The molecular weight excluding hydrogens is 254 g/mol. The minimum absolute atomic E-state index is 1.23. The van der Waals surface area contributed by atoms with Crippen LogP contribution in [-0.4, -0.2) is 24.5 Å². The van der Waals surface area contributed by atoms with E-state index in [1.165, 1.54) is 110 Å². The fourth-order valence-corrected chi connectivity index (χ4v) is 2.99. The number of unbranched alkanes of at least 4 members (excludes halogenated alkanes) is 12. The van der Waals surface area contributed by atoms with Crippen molar-refractivity contribution >= 4 is 0 Å². The van der Waals surface area contributed by atoms with E-state index in [1.807, 2.05) is 0 Å². The number of hydrogen-bond acceptors (Lipinski definition) is 1. The largest absolute Gasteiger partial charge is 0.304 e. The molecule has 0 heterocycles. The van der Waals surface area contributed by atoms with Crippen molar-refractivity contribution in [1.82, 2.24) is 4.90 Å². The van der Waals surface area contributed by atoms with Crippen LogP contribution in [0.5, 0.6) is 0 Å². The lowest BCUT2D eigenvalue weighted by atomic mass is 10.1. The van der Waals surface area contributed by atoms with Crippen LogP contribution in [0.1, 0.15) is 111 Å². The minimum atomic E-state index is 1.23. The van der Waals surface area contributed by atoms with E-state index in [0.29, 0.717) is 0 Å². The van der Waals surface area contributed by atoms with Gasteiger partial charge in [0.05, 0.1) is 0 Å². The van der Waals surface area contributed by atoms with Gasteiger partial charge in [0.15, 0.2) is 0 Å². The zero-order chi connectivity index (χ0) is 15.6. The van der Waals surface area contributed by atoms with Gasteiger partial charge in [-0.3, -0.25) is 0 Å². The van der Waals surface area contributed by atoms with Crippen molar-refractivity contribution in [2.75, 3.05) is 19.6 Å². The molecule has 0 atom stereocenters. The molecule has 0 saturated carbocycles. The molecule has 21 heavy (non-hydrogen) atoms. The summed E-state index contributed by atoms with van der Waals surface area (Å²) in [5.74, 6) is 0. The standard InChI is InChI=1S/C20H43N/c1-4-7-9-10-11-12-13-14-15-16-17-18-20-21(6-3)19-8-5-2/h4-20H2,1-3H3. The van der Waals surface area contributed by atoms with Gasteiger partial charge in [-0.1, -0.05) is 97.8 Å². The molecule has 1 heteroatoms. The van der Waals surface area contributed by atoms with Crippen LogP contribution in [0.25, 0.3) is 0 Å². The number of nitrogens with zero attached hydrogens (tertiary/aromatic N) is 1. The van der Waals surface area contributed by atoms with Gasteiger partial charge in [0.1, 0.15) is 0 Å². The lowest BCUT2D eigenvalue weighted by molar-refractivity contribution is 0.276. The second kappa shape index (κ2) is 18.0. The Labute approximate surface area is 135 Å². The van der Waals surface area contributed by atoms with Gasteiger partial charge in [-0.15, -0.1) is 0 Å². The van der Waals surface area contributed by atoms with Crippen LogP contribution in [-0.2, 0) is 0 Å². The molecule has 0 N–H and O–H groups in total. The topological polar surface area (TPSA) is 3.24 Å². The van der Waals surface area contributed by atoms with Gasteiger partial charge >= 0.3 is 0 Å². The summed E-state index contributed by atoms with van der Waals surface area (Å²) in [4.78, 5) is 2.62. The average molecular weight is 298 g/mol. The highest BCUT2D eigenvalue weighted by molar-refractivity contribution is 4.56. The fourth-order valence-electron chi connectivity index (χ4n) is 2.99. The molecule has 0 unspecified atom stereocenters.